The lowest BCUT2D eigenvalue weighted by Crippen LogP contribution is -2.71. The molecule has 0 aromatic heterocycles. The Balaban J connectivity index is 0.0000177. The lowest BCUT2D eigenvalue weighted by Gasteiger charge is -2.51. The summed E-state index contributed by atoms with van der Waals surface area (Å²) in [4.78, 5) is 78.5. The minimum atomic E-state index is -3.47. The van der Waals surface area contributed by atoms with Crippen LogP contribution in [0, 0.1) is 0 Å². The predicted molar refractivity (Wildman–Crippen MR) is 451 cm³/mol. The monoisotopic (exact) mass is 1890 g/mol. The highest BCUT2D eigenvalue weighted by atomic mass is 16.8. The number of carbonyl (C=O) groups is 6. The molecule has 32 unspecified atom stereocenters. The zero-order valence-electron chi connectivity index (χ0n) is 75.1. The number of unbranched alkanes of at least 4 members (excludes halogenated alkanes) is 25. The van der Waals surface area contributed by atoms with Gasteiger partial charge in [0.2, 0.25) is 23.6 Å². The number of aliphatic carboxylic acids is 2. The van der Waals surface area contributed by atoms with Gasteiger partial charge < -0.3 is 203 Å². The molecular weight excluding hydrogens is 1730 g/mol. The molecule has 0 saturated carbocycles. The molecule has 46 heteroatoms. The van der Waals surface area contributed by atoms with Gasteiger partial charge in [-0.25, -0.2) is 9.59 Å². The third-order valence-corrected chi connectivity index (χ3v) is 24.2. The van der Waals surface area contributed by atoms with E-state index < -0.39 is 303 Å². The molecule has 4 amide bonds. The van der Waals surface area contributed by atoms with Gasteiger partial charge in [-0.3, -0.25) is 19.2 Å². The number of hydrogen-bond acceptors (Lipinski definition) is 40. The van der Waals surface area contributed by atoms with Crippen LogP contribution in [0.25, 0.3) is 0 Å². The first kappa shape index (κ1) is 118. The molecule has 760 valence electrons. The van der Waals surface area contributed by atoms with Gasteiger partial charge in [0.25, 0.3) is 11.6 Å². The molecular formula is C84H154N6O40. The molecule has 6 fully saturated rings. The second-order valence-corrected chi connectivity index (χ2v) is 34.3. The standard InChI is InChI=1S/C84H148N4O40.2H3N/c1-5-7-9-11-13-15-17-19-20-22-24-26-28-30-32-34-57(102)87-47(48(97)33-31-29-27-25-23-21-18-16-14-12-10-8-6-2)43-117-78-68(110)66(108)73(54(40-92)120-78)125-79-69(111)67(109)72(55(41-93)121-79)123-77-61(86-46(4)96)65(107)71(53(39-91)119-77)124-80-70(112)76(128-84(82(115)116)36-50(99)59(85-45(3)95)74(127-84)62(104)51(100)37-89)64(106)56(122-80)44-118-83(81(113)114)35-49(98)60(88-58(103)42-94)75(126-83)63(105)52(101)38-90;;/h31,33,47-56,59-80,89-94,97-101,104-112H,5-30,32,34-44H2,1-4H3,(H,85,95)(H,86,96)(H,87,102)(H,88,103)(H,113,114)(H,115,116);2*1H3/t47?,48?,49?,50?,51?,52?,53?,54?,55?,56?,59?,60?,61?,62?,63?,64?,65?,66?,67?,68?,69?,70?,71?,72?,73?,74?,75?,76?,77?,78?,79?,80?,83-,84+;;/m1../s1. The first-order chi connectivity index (χ1) is 61.1. The molecule has 34 atom stereocenters. The Hall–Kier alpha value is -4.80. The number of aliphatic hydroxyl groups excluding tert-OH is 20. The second-order valence-electron chi connectivity index (χ2n) is 34.3. The molecule has 32 N–H and O–H groups in total. The van der Waals surface area contributed by atoms with Crippen LogP contribution in [-0.4, -0.2) is 408 Å². The number of carboxylic acid groups (broad SMARTS) is 2. The quantitative estimate of drug-likeness (QED) is 0.0201. The van der Waals surface area contributed by atoms with E-state index in [4.69, 9.17) is 56.8 Å². The van der Waals surface area contributed by atoms with Gasteiger partial charge in [0, 0.05) is 33.1 Å². The van der Waals surface area contributed by atoms with Crippen LogP contribution in [0.15, 0.2) is 12.2 Å². The van der Waals surface area contributed by atoms with Gasteiger partial charge in [0.05, 0.1) is 82.7 Å². The van der Waals surface area contributed by atoms with E-state index in [1.54, 1.807) is 6.08 Å². The number of carboxylic acids is 2. The molecule has 6 heterocycles. The number of allylic oxidation sites excluding steroid dienone is 1. The van der Waals surface area contributed by atoms with E-state index in [2.05, 4.69) is 35.1 Å². The van der Waals surface area contributed by atoms with Crippen LogP contribution >= 0.6 is 0 Å². The SMILES string of the molecule is CCCCCCCCCCCCCC=CC(O)C(COC1OC(CO)C(OC2OC(CO)C(OC3OC(CO)C(OC4OC(CO[C@]5(C(=O)O)CC(O)C(NC(=O)CO)C(C(O)C(O)CO)O5)C(O)C(O[C@]5(C(=O)O)CC(O)C(NC(C)=O)C(C(O)C(O)CO)O5)C4O)C(O)C3NC(C)=O)C(O)C2O)C(O)C1O)NC(=O)CCCCCCCCCCCCCCCCC.N.N. The molecule has 46 nitrogen and oxygen atoms in total. The highest BCUT2D eigenvalue weighted by Crippen LogP contribution is 2.42. The largest absolute Gasteiger partial charge is 0.477 e. The van der Waals surface area contributed by atoms with Gasteiger partial charge in [-0.15, -0.1) is 0 Å². The summed E-state index contributed by atoms with van der Waals surface area (Å²) in [6.07, 6.45) is -29.9. The smallest absolute Gasteiger partial charge is 0.364 e. The molecule has 0 aliphatic carbocycles. The molecule has 0 bridgehead atoms. The Morgan fingerprint density at radius 3 is 1.26 bits per heavy atom. The first-order valence-electron chi connectivity index (χ1n) is 45.4. The second kappa shape index (κ2) is 60.0. The molecule has 0 radical (unpaired) electrons. The van der Waals surface area contributed by atoms with Crippen molar-refractivity contribution in [2.45, 2.75) is 428 Å². The number of rotatable bonds is 60. The van der Waals surface area contributed by atoms with Crippen LogP contribution in [0.5, 0.6) is 0 Å². The molecule has 130 heavy (non-hydrogen) atoms. The Morgan fingerprint density at radius 2 is 0.815 bits per heavy atom. The molecule has 0 aromatic rings. The fraction of sp³-hybridized carbons (Fsp3) is 0.905. The third-order valence-electron chi connectivity index (χ3n) is 24.2. The van der Waals surface area contributed by atoms with Crippen LogP contribution in [0.4, 0.5) is 0 Å². The van der Waals surface area contributed by atoms with Crippen molar-refractivity contribution in [3.05, 3.63) is 12.2 Å². The highest BCUT2D eigenvalue weighted by molar-refractivity contribution is 5.79. The number of aliphatic hydroxyl groups is 20. The molecule has 6 aliphatic heterocycles. The summed E-state index contributed by atoms with van der Waals surface area (Å²) in [5.74, 6) is -14.7. The average molecular weight is 1890 g/mol. The van der Waals surface area contributed by atoms with E-state index in [1.165, 1.54) is 103 Å². The Bertz CT molecular complexity index is 3230. The Morgan fingerprint density at radius 1 is 0.431 bits per heavy atom. The maximum atomic E-state index is 13.6. The van der Waals surface area contributed by atoms with Crippen molar-refractivity contribution in [3.8, 4) is 0 Å². The molecule has 0 spiro atoms. The van der Waals surface area contributed by atoms with Gasteiger partial charge in [-0.05, 0) is 19.3 Å². The first-order valence-corrected chi connectivity index (χ1v) is 45.4. The zero-order chi connectivity index (χ0) is 94.5. The summed E-state index contributed by atoms with van der Waals surface area (Å²) in [6.45, 7) is -2.83. The summed E-state index contributed by atoms with van der Waals surface area (Å²) in [6, 6.07) is -6.87. The van der Waals surface area contributed by atoms with Gasteiger partial charge in [-0.1, -0.05) is 180 Å². The summed E-state index contributed by atoms with van der Waals surface area (Å²) >= 11 is 0. The maximum absolute atomic E-state index is 13.6. The fourth-order valence-corrected chi connectivity index (χ4v) is 16.8. The van der Waals surface area contributed by atoms with Crippen molar-refractivity contribution in [2.75, 3.05) is 52.9 Å². The van der Waals surface area contributed by atoms with Crippen LogP contribution in [0.3, 0.4) is 0 Å². The van der Waals surface area contributed by atoms with Crippen molar-refractivity contribution in [1.29, 1.82) is 0 Å². The van der Waals surface area contributed by atoms with Crippen molar-refractivity contribution in [3.63, 3.8) is 0 Å². The van der Waals surface area contributed by atoms with Crippen LogP contribution < -0.4 is 33.6 Å². The fourth-order valence-electron chi connectivity index (χ4n) is 16.8. The third kappa shape index (κ3) is 34.4. The number of ether oxygens (including phenoxy) is 12. The number of nitrogens with one attached hydrogen (secondary N) is 4. The van der Waals surface area contributed by atoms with E-state index in [-0.39, 0.29) is 24.6 Å². The van der Waals surface area contributed by atoms with Crippen LogP contribution in [0.2, 0.25) is 0 Å². The molecule has 6 rings (SSSR count). The molecule has 6 aliphatic rings. The Kier molecular flexibility index (Phi) is 54.3. The van der Waals surface area contributed by atoms with Crippen molar-refractivity contribution >= 4 is 35.6 Å². The van der Waals surface area contributed by atoms with Crippen LogP contribution in [0.1, 0.15) is 220 Å². The summed E-state index contributed by atoms with van der Waals surface area (Å²) in [5, 5.41) is 255. The van der Waals surface area contributed by atoms with Crippen molar-refractivity contribution in [2.24, 2.45) is 0 Å². The van der Waals surface area contributed by atoms with E-state index in [9.17, 15) is 141 Å². The van der Waals surface area contributed by atoms with E-state index >= 15 is 0 Å². The predicted octanol–water partition coefficient (Wildman–Crippen LogP) is -4.57. The van der Waals surface area contributed by atoms with E-state index in [0.717, 1.165) is 71.6 Å². The molecule has 6 saturated heterocycles. The zero-order valence-corrected chi connectivity index (χ0v) is 75.1. The van der Waals surface area contributed by atoms with Gasteiger partial charge in [0.15, 0.2) is 25.2 Å². The lowest BCUT2D eigenvalue weighted by molar-refractivity contribution is -0.393. The highest BCUT2D eigenvalue weighted by Gasteiger charge is 2.63. The Labute approximate surface area is 757 Å². The number of carbonyl (C=O) groups excluding carboxylic acids is 4. The van der Waals surface area contributed by atoms with Crippen molar-refractivity contribution < 1.29 is 198 Å². The normalized spacial score (nSPS) is 34.4. The van der Waals surface area contributed by atoms with E-state index in [1.807, 2.05) is 6.08 Å². The molecule has 0 aromatic carbocycles. The maximum Gasteiger partial charge on any atom is 0.364 e. The minimum Gasteiger partial charge on any atom is -0.477 e. The van der Waals surface area contributed by atoms with Gasteiger partial charge in [-0.2, -0.15) is 0 Å². The lowest BCUT2D eigenvalue weighted by atomic mass is 9.88. The average Bonchev–Trinajstić information content (AvgIpc) is 0.748. The van der Waals surface area contributed by atoms with Crippen molar-refractivity contribution in [1.82, 2.24) is 33.6 Å². The summed E-state index contributed by atoms with van der Waals surface area (Å²) in [5.41, 5.74) is 0. The number of hydrogen-bond donors (Lipinski definition) is 28. The van der Waals surface area contributed by atoms with Gasteiger partial charge >= 0.3 is 11.9 Å². The topological polar surface area (TPSA) is 776 Å². The summed E-state index contributed by atoms with van der Waals surface area (Å²) in [7, 11) is 0. The minimum absolute atomic E-state index is 0. The van der Waals surface area contributed by atoms with E-state index in [0.29, 0.717) is 12.8 Å². The van der Waals surface area contributed by atoms with Gasteiger partial charge in [0.1, 0.15) is 141 Å². The van der Waals surface area contributed by atoms with Crippen LogP contribution in [-0.2, 0) is 85.6 Å². The summed E-state index contributed by atoms with van der Waals surface area (Å²) < 4.78 is 71.0. The number of amides is 4.